The lowest BCUT2D eigenvalue weighted by molar-refractivity contribution is -0.192. The summed E-state index contributed by atoms with van der Waals surface area (Å²) in [5, 5.41) is 17.9. The molecule has 6 nitrogen and oxygen atoms in total. The summed E-state index contributed by atoms with van der Waals surface area (Å²) in [4.78, 5) is 11.3. The lowest BCUT2D eigenvalue weighted by atomic mass is 10.0. The summed E-state index contributed by atoms with van der Waals surface area (Å²) in [6, 6.07) is 19.9. The van der Waals surface area contributed by atoms with Crippen LogP contribution in [0.25, 0.3) is 11.3 Å². The molecule has 4 rings (SSSR count). The zero-order valence-electron chi connectivity index (χ0n) is 17.6. The molecule has 2 aromatic carbocycles. The highest BCUT2D eigenvalue weighted by atomic mass is 19.4. The third-order valence-electron chi connectivity index (χ3n) is 5.27. The van der Waals surface area contributed by atoms with E-state index in [0.717, 1.165) is 18.8 Å². The molecule has 9 heteroatoms. The van der Waals surface area contributed by atoms with Crippen LogP contribution in [0, 0.1) is 0 Å². The molecule has 1 aliphatic rings. The molecule has 1 aliphatic heterocycles. The first-order chi connectivity index (χ1) is 15.3. The second-order valence-electron chi connectivity index (χ2n) is 7.53. The predicted molar refractivity (Wildman–Crippen MR) is 116 cm³/mol. The number of nitrogens with one attached hydrogen (secondary N) is 2. The van der Waals surface area contributed by atoms with Crippen molar-refractivity contribution in [1.82, 2.24) is 15.5 Å². The fourth-order valence-corrected chi connectivity index (χ4v) is 3.61. The quantitative estimate of drug-likeness (QED) is 0.538. The highest BCUT2D eigenvalue weighted by molar-refractivity contribution is 5.73. The molecule has 1 unspecified atom stereocenters. The van der Waals surface area contributed by atoms with E-state index in [9.17, 15) is 13.2 Å². The van der Waals surface area contributed by atoms with Crippen molar-refractivity contribution in [2.24, 2.45) is 0 Å². The second-order valence-corrected chi connectivity index (χ2v) is 7.53. The van der Waals surface area contributed by atoms with E-state index in [1.165, 1.54) is 35.2 Å². The van der Waals surface area contributed by atoms with E-state index in [-0.39, 0.29) is 0 Å². The number of anilines is 1. The van der Waals surface area contributed by atoms with Gasteiger partial charge in [0.05, 0.1) is 5.69 Å². The number of carboxylic acids is 1. The third kappa shape index (κ3) is 6.10. The van der Waals surface area contributed by atoms with Gasteiger partial charge in [-0.15, -0.1) is 0 Å². The Morgan fingerprint density at radius 1 is 1.19 bits per heavy atom. The van der Waals surface area contributed by atoms with Crippen molar-refractivity contribution >= 4 is 11.7 Å². The summed E-state index contributed by atoms with van der Waals surface area (Å²) in [7, 11) is 2.19. The van der Waals surface area contributed by atoms with Crippen LogP contribution in [0.3, 0.4) is 0 Å². The molecule has 1 atom stereocenters. The van der Waals surface area contributed by atoms with Gasteiger partial charge in [0.1, 0.15) is 0 Å². The largest absolute Gasteiger partial charge is 0.490 e. The average molecular weight is 446 g/mol. The Balaban J connectivity index is 0.000000360. The van der Waals surface area contributed by atoms with Gasteiger partial charge in [-0.25, -0.2) is 4.79 Å². The van der Waals surface area contributed by atoms with E-state index in [4.69, 9.17) is 9.90 Å². The maximum atomic E-state index is 10.6. The number of benzene rings is 2. The Labute approximate surface area is 184 Å². The first-order valence-corrected chi connectivity index (χ1v) is 10.2. The molecule has 0 saturated carbocycles. The van der Waals surface area contributed by atoms with Crippen molar-refractivity contribution in [3.63, 3.8) is 0 Å². The number of aromatic nitrogens is 2. The molecule has 2 heterocycles. The molecule has 170 valence electrons. The molecule has 0 amide bonds. The topological polar surface area (TPSA) is 81.2 Å². The van der Waals surface area contributed by atoms with Gasteiger partial charge in [-0.2, -0.15) is 18.3 Å². The minimum Gasteiger partial charge on any atom is -0.475 e. The van der Waals surface area contributed by atoms with Gasteiger partial charge in [-0.3, -0.25) is 5.10 Å². The first-order valence-electron chi connectivity index (χ1n) is 10.2. The van der Waals surface area contributed by atoms with Crippen molar-refractivity contribution in [2.45, 2.75) is 31.6 Å². The zero-order chi connectivity index (χ0) is 23.1. The molecule has 0 saturated heterocycles. The Kier molecular flexibility index (Phi) is 7.53. The van der Waals surface area contributed by atoms with Crippen LogP contribution in [-0.4, -0.2) is 41.0 Å². The van der Waals surface area contributed by atoms with Crippen LogP contribution in [0.2, 0.25) is 0 Å². The summed E-state index contributed by atoms with van der Waals surface area (Å²) < 4.78 is 31.7. The lowest BCUT2D eigenvalue weighted by Crippen LogP contribution is -2.21. The number of carboxylic acid groups (broad SMARTS) is 1. The van der Waals surface area contributed by atoms with Crippen molar-refractivity contribution in [3.05, 3.63) is 71.9 Å². The molecule has 0 spiro atoms. The van der Waals surface area contributed by atoms with Gasteiger partial charge >= 0.3 is 12.1 Å². The van der Waals surface area contributed by atoms with Gasteiger partial charge in [0, 0.05) is 38.1 Å². The number of para-hydroxylation sites is 1. The van der Waals surface area contributed by atoms with E-state index in [0.29, 0.717) is 6.04 Å². The fourth-order valence-electron chi connectivity index (χ4n) is 3.61. The zero-order valence-corrected chi connectivity index (χ0v) is 17.6. The molecule has 0 radical (unpaired) electrons. The highest BCUT2D eigenvalue weighted by Crippen LogP contribution is 2.32. The van der Waals surface area contributed by atoms with Crippen LogP contribution in [0.5, 0.6) is 0 Å². The molecular formula is C23H25F3N4O2. The molecule has 3 aromatic rings. The van der Waals surface area contributed by atoms with Crippen LogP contribution < -0.4 is 10.2 Å². The molecule has 32 heavy (non-hydrogen) atoms. The minimum absolute atomic E-state index is 0.411. The first kappa shape index (κ1) is 23.3. The number of hydrogen-bond donors (Lipinski definition) is 3. The Hall–Kier alpha value is -3.33. The monoisotopic (exact) mass is 446 g/mol. The standard InChI is InChI=1S/C21H24N4.C2HF3O2/c1-25-14-4-6-20(18-5-2-3-7-21(18)25)22-15-16-8-10-17(11-9-16)19-12-13-23-24-19;3-2(4,5)1(6)7/h2-3,5,7-13,20,22H,4,6,14-15H2,1H3,(H,23,24);(H,6,7). The number of halogens is 3. The van der Waals surface area contributed by atoms with Crippen LogP contribution in [-0.2, 0) is 11.3 Å². The number of aliphatic carboxylic acids is 1. The van der Waals surface area contributed by atoms with E-state index in [1.807, 2.05) is 6.07 Å². The molecule has 0 fully saturated rings. The molecule has 0 bridgehead atoms. The average Bonchev–Trinajstić information content (AvgIpc) is 3.26. The predicted octanol–water partition coefficient (Wildman–Crippen LogP) is 4.77. The van der Waals surface area contributed by atoms with Crippen molar-refractivity contribution in [3.8, 4) is 11.3 Å². The fraction of sp³-hybridized carbons (Fsp3) is 0.304. The number of aromatic amines is 1. The van der Waals surface area contributed by atoms with E-state index >= 15 is 0 Å². The maximum Gasteiger partial charge on any atom is 0.490 e. The molecule has 1 aromatic heterocycles. The molecule has 3 N–H and O–H groups in total. The van der Waals surface area contributed by atoms with Gasteiger partial charge in [0.2, 0.25) is 0 Å². The number of fused-ring (bicyclic) bond motifs is 1. The highest BCUT2D eigenvalue weighted by Gasteiger charge is 2.38. The number of rotatable bonds is 4. The normalized spacial score (nSPS) is 15.9. The Morgan fingerprint density at radius 3 is 2.50 bits per heavy atom. The number of nitrogens with zero attached hydrogens (tertiary/aromatic N) is 2. The Morgan fingerprint density at radius 2 is 1.88 bits per heavy atom. The van der Waals surface area contributed by atoms with Crippen LogP contribution in [0.1, 0.15) is 30.0 Å². The van der Waals surface area contributed by atoms with E-state index in [1.54, 1.807) is 6.20 Å². The van der Waals surface area contributed by atoms with Crippen molar-refractivity contribution in [1.29, 1.82) is 0 Å². The van der Waals surface area contributed by atoms with Gasteiger partial charge in [0.25, 0.3) is 0 Å². The summed E-state index contributed by atoms with van der Waals surface area (Å²) >= 11 is 0. The summed E-state index contributed by atoms with van der Waals surface area (Å²) in [5.74, 6) is -2.76. The number of alkyl halides is 3. The van der Waals surface area contributed by atoms with Crippen molar-refractivity contribution in [2.75, 3.05) is 18.5 Å². The van der Waals surface area contributed by atoms with Crippen LogP contribution in [0.15, 0.2) is 60.8 Å². The SMILES string of the molecule is CN1CCCC(NCc2ccc(-c3ccn[nH]3)cc2)c2ccccc21.O=C(O)C(F)(F)F. The number of H-pyrrole nitrogens is 1. The van der Waals surface area contributed by atoms with Crippen molar-refractivity contribution < 1.29 is 23.1 Å². The third-order valence-corrected chi connectivity index (χ3v) is 5.27. The molecular weight excluding hydrogens is 421 g/mol. The maximum absolute atomic E-state index is 10.6. The summed E-state index contributed by atoms with van der Waals surface area (Å²) in [5.41, 5.74) is 6.30. The van der Waals surface area contributed by atoms with E-state index < -0.39 is 12.1 Å². The second kappa shape index (κ2) is 10.3. The van der Waals surface area contributed by atoms with Gasteiger partial charge in [-0.1, -0.05) is 42.5 Å². The number of carbonyl (C=O) groups is 1. The van der Waals surface area contributed by atoms with Gasteiger partial charge in [-0.05, 0) is 41.7 Å². The van der Waals surface area contributed by atoms with Gasteiger partial charge < -0.3 is 15.3 Å². The smallest absolute Gasteiger partial charge is 0.475 e. The van der Waals surface area contributed by atoms with Crippen LogP contribution in [0.4, 0.5) is 18.9 Å². The minimum atomic E-state index is -5.08. The van der Waals surface area contributed by atoms with Crippen LogP contribution >= 0.6 is 0 Å². The Bertz CT molecular complexity index is 1000. The number of hydrogen-bond acceptors (Lipinski definition) is 4. The summed E-state index contributed by atoms with van der Waals surface area (Å²) in [6.07, 6.45) is -0.916. The lowest BCUT2D eigenvalue weighted by Gasteiger charge is -2.22. The van der Waals surface area contributed by atoms with E-state index in [2.05, 4.69) is 76.0 Å². The van der Waals surface area contributed by atoms with Gasteiger partial charge in [0.15, 0.2) is 0 Å². The summed E-state index contributed by atoms with van der Waals surface area (Å²) in [6.45, 7) is 2.00. The molecule has 0 aliphatic carbocycles.